The van der Waals surface area contributed by atoms with Crippen LogP contribution in [0.5, 0.6) is 0 Å². The minimum atomic E-state index is -0.304. The van der Waals surface area contributed by atoms with Crippen LogP contribution in [0, 0.1) is 0 Å². The van der Waals surface area contributed by atoms with Crippen LogP contribution in [-0.2, 0) is 9.53 Å². The van der Waals surface area contributed by atoms with Crippen LogP contribution in [0.4, 0.5) is 0 Å². The van der Waals surface area contributed by atoms with E-state index in [2.05, 4.69) is 32.3 Å². The molecule has 2 unspecified atom stereocenters. The lowest BCUT2D eigenvalue weighted by Crippen LogP contribution is -2.42. The third-order valence-corrected chi connectivity index (χ3v) is 2.71. The molecule has 2 atom stereocenters. The molecule has 0 aliphatic carbocycles. The molecule has 3 nitrogen and oxygen atoms in total. The maximum atomic E-state index is 11.3. The van der Waals surface area contributed by atoms with Gasteiger partial charge in [-0.15, -0.1) is 0 Å². The van der Waals surface area contributed by atoms with E-state index in [1.807, 2.05) is 6.92 Å². The number of rotatable bonds is 6. The first-order valence-corrected chi connectivity index (χ1v) is 5.54. The predicted molar refractivity (Wildman–Crippen MR) is 62.8 cm³/mol. The first-order valence-electron chi connectivity index (χ1n) is 5.54. The van der Waals surface area contributed by atoms with E-state index in [0.717, 1.165) is 13.1 Å². The zero-order chi connectivity index (χ0) is 12.0. The molecule has 0 aromatic rings. The molecule has 0 N–H and O–H groups in total. The van der Waals surface area contributed by atoms with Gasteiger partial charge in [0.1, 0.15) is 6.10 Å². The summed E-state index contributed by atoms with van der Waals surface area (Å²) in [5.74, 6) is -0.304. The van der Waals surface area contributed by atoms with E-state index in [0.29, 0.717) is 5.57 Å². The molecule has 0 spiro atoms. The fraction of sp³-hybridized carbons (Fsp3) is 0.750. The lowest BCUT2D eigenvalue weighted by molar-refractivity contribution is -0.146. The van der Waals surface area contributed by atoms with Crippen LogP contribution in [0.3, 0.4) is 0 Å². The summed E-state index contributed by atoms with van der Waals surface area (Å²) in [6.45, 7) is 15.4. The van der Waals surface area contributed by atoms with Crippen molar-refractivity contribution in [3.63, 3.8) is 0 Å². The van der Waals surface area contributed by atoms with Gasteiger partial charge in [0.15, 0.2) is 0 Å². The van der Waals surface area contributed by atoms with E-state index in [9.17, 15) is 4.79 Å². The van der Waals surface area contributed by atoms with Gasteiger partial charge in [0.25, 0.3) is 0 Å². The monoisotopic (exact) mass is 213 g/mol. The molecule has 0 aromatic carbocycles. The first kappa shape index (κ1) is 14.2. The van der Waals surface area contributed by atoms with Crippen molar-refractivity contribution in [3.8, 4) is 0 Å². The maximum Gasteiger partial charge on any atom is 0.333 e. The van der Waals surface area contributed by atoms with Crippen LogP contribution in [-0.4, -0.2) is 36.1 Å². The average Bonchev–Trinajstić information content (AvgIpc) is 2.19. The second-order valence-corrected chi connectivity index (χ2v) is 3.85. The molecule has 0 saturated heterocycles. The van der Waals surface area contributed by atoms with Gasteiger partial charge in [-0.25, -0.2) is 4.79 Å². The molecule has 0 aliphatic heterocycles. The number of ether oxygens (including phenoxy) is 1. The normalized spacial score (nSPS) is 14.8. The molecule has 0 rings (SSSR count). The highest BCUT2D eigenvalue weighted by atomic mass is 16.5. The summed E-state index contributed by atoms with van der Waals surface area (Å²) in [7, 11) is 0. The summed E-state index contributed by atoms with van der Waals surface area (Å²) >= 11 is 0. The molecule has 0 fully saturated rings. The summed E-state index contributed by atoms with van der Waals surface area (Å²) in [6, 6.07) is 0.239. The van der Waals surface area contributed by atoms with Gasteiger partial charge in [-0.05, 0) is 33.9 Å². The van der Waals surface area contributed by atoms with Gasteiger partial charge >= 0.3 is 5.97 Å². The molecule has 15 heavy (non-hydrogen) atoms. The van der Waals surface area contributed by atoms with Crippen LogP contribution in [0.15, 0.2) is 12.2 Å². The Morgan fingerprint density at radius 2 is 1.80 bits per heavy atom. The number of likely N-dealkylation sites (N-methyl/N-ethyl adjacent to an activating group) is 1. The molecule has 0 aromatic heterocycles. The number of hydrogen-bond donors (Lipinski definition) is 0. The van der Waals surface area contributed by atoms with Gasteiger partial charge in [0.05, 0.1) is 0 Å². The summed E-state index contributed by atoms with van der Waals surface area (Å²) in [4.78, 5) is 13.6. The second kappa shape index (κ2) is 6.62. The highest BCUT2D eigenvalue weighted by Gasteiger charge is 2.21. The van der Waals surface area contributed by atoms with Crippen LogP contribution in [0.25, 0.3) is 0 Å². The third-order valence-electron chi connectivity index (χ3n) is 2.71. The van der Waals surface area contributed by atoms with Gasteiger partial charge < -0.3 is 4.74 Å². The van der Waals surface area contributed by atoms with Crippen molar-refractivity contribution in [2.45, 2.75) is 46.8 Å². The minimum absolute atomic E-state index is 0.103. The molecule has 0 saturated carbocycles. The Balaban J connectivity index is 4.25. The van der Waals surface area contributed by atoms with Gasteiger partial charge in [-0.3, -0.25) is 4.90 Å². The molecule has 0 radical (unpaired) electrons. The van der Waals surface area contributed by atoms with Crippen molar-refractivity contribution in [1.82, 2.24) is 4.90 Å². The molecule has 3 heteroatoms. The fourth-order valence-electron chi connectivity index (χ4n) is 1.46. The van der Waals surface area contributed by atoms with Crippen molar-refractivity contribution < 1.29 is 9.53 Å². The Labute approximate surface area is 93.1 Å². The highest BCUT2D eigenvalue weighted by molar-refractivity contribution is 5.87. The van der Waals surface area contributed by atoms with Gasteiger partial charge in [0, 0.05) is 11.6 Å². The Bertz CT molecular complexity index is 222. The topological polar surface area (TPSA) is 29.5 Å². The molecule has 0 bridgehead atoms. The number of esters is 1. The Kier molecular flexibility index (Phi) is 6.25. The summed E-state index contributed by atoms with van der Waals surface area (Å²) in [5, 5.41) is 0. The molecule has 0 amide bonds. The minimum Gasteiger partial charge on any atom is -0.458 e. The van der Waals surface area contributed by atoms with Crippen LogP contribution < -0.4 is 0 Å². The van der Waals surface area contributed by atoms with E-state index in [-0.39, 0.29) is 18.1 Å². The lowest BCUT2D eigenvalue weighted by atomic mass is 10.1. The van der Waals surface area contributed by atoms with Crippen molar-refractivity contribution in [3.05, 3.63) is 12.2 Å². The van der Waals surface area contributed by atoms with Crippen LogP contribution >= 0.6 is 0 Å². The molecular formula is C12H23NO2. The third kappa shape index (κ3) is 4.47. The average molecular weight is 213 g/mol. The van der Waals surface area contributed by atoms with E-state index >= 15 is 0 Å². The SMILES string of the molecule is C=C(C)C(=O)OC(C)C(C)N(CC)CC. The maximum absolute atomic E-state index is 11.3. The predicted octanol–water partition coefficient (Wildman–Crippen LogP) is 2.22. The number of nitrogens with zero attached hydrogens (tertiary/aromatic N) is 1. The molecule has 0 heterocycles. The van der Waals surface area contributed by atoms with E-state index in [1.165, 1.54) is 0 Å². The summed E-state index contributed by atoms with van der Waals surface area (Å²) in [6.07, 6.45) is -0.103. The fourth-order valence-corrected chi connectivity index (χ4v) is 1.46. The van der Waals surface area contributed by atoms with E-state index in [1.54, 1.807) is 6.92 Å². The van der Waals surface area contributed by atoms with Gasteiger partial charge in [-0.1, -0.05) is 20.4 Å². The summed E-state index contributed by atoms with van der Waals surface area (Å²) in [5.41, 5.74) is 0.452. The van der Waals surface area contributed by atoms with Crippen LogP contribution in [0.1, 0.15) is 34.6 Å². The van der Waals surface area contributed by atoms with Crippen molar-refractivity contribution in [1.29, 1.82) is 0 Å². The number of hydrogen-bond acceptors (Lipinski definition) is 3. The zero-order valence-electron chi connectivity index (χ0n) is 10.5. The van der Waals surface area contributed by atoms with Crippen molar-refractivity contribution >= 4 is 5.97 Å². The smallest absolute Gasteiger partial charge is 0.333 e. The first-order chi connectivity index (χ1) is 6.93. The Hall–Kier alpha value is -0.830. The molecule has 88 valence electrons. The quantitative estimate of drug-likeness (QED) is 0.500. The van der Waals surface area contributed by atoms with Crippen LogP contribution in [0.2, 0.25) is 0 Å². The van der Waals surface area contributed by atoms with E-state index in [4.69, 9.17) is 4.74 Å². The lowest BCUT2D eigenvalue weighted by Gasteiger charge is -2.30. The number of carbonyl (C=O) groups is 1. The standard InChI is InChI=1S/C12H23NO2/c1-7-13(8-2)10(5)11(6)15-12(14)9(3)4/h10-11H,3,7-8H2,1-2,4-6H3. The zero-order valence-corrected chi connectivity index (χ0v) is 10.5. The van der Waals surface area contributed by atoms with Crippen molar-refractivity contribution in [2.75, 3.05) is 13.1 Å². The number of carbonyl (C=O) groups excluding carboxylic acids is 1. The second-order valence-electron chi connectivity index (χ2n) is 3.85. The Morgan fingerprint density at radius 1 is 1.33 bits per heavy atom. The highest BCUT2D eigenvalue weighted by Crippen LogP contribution is 2.09. The van der Waals surface area contributed by atoms with Gasteiger partial charge in [-0.2, -0.15) is 0 Å². The Morgan fingerprint density at radius 3 is 2.13 bits per heavy atom. The molecular weight excluding hydrogens is 190 g/mol. The van der Waals surface area contributed by atoms with Crippen molar-refractivity contribution in [2.24, 2.45) is 0 Å². The molecule has 0 aliphatic rings. The largest absolute Gasteiger partial charge is 0.458 e. The summed E-state index contributed by atoms with van der Waals surface area (Å²) < 4.78 is 5.28. The van der Waals surface area contributed by atoms with E-state index < -0.39 is 0 Å². The van der Waals surface area contributed by atoms with Gasteiger partial charge in [0.2, 0.25) is 0 Å².